The SMILES string of the molecule is C[C@@]1(O)[C@H]2CC3C=CC(O)=C4O[C@H]5c6nc7ccccc7cc6C(C[C@]51C43)N2CCCCCN=C(N)N. The number of aliphatic hydroxyl groups excluding tert-OH is 1. The van der Waals surface area contributed by atoms with Gasteiger partial charge in [0.15, 0.2) is 11.7 Å². The molecule has 7 atom stereocenters. The normalized spacial score (nSPS) is 36.9. The minimum absolute atomic E-state index is 0.0137. The highest BCUT2D eigenvalue weighted by atomic mass is 16.5. The number of pyridine rings is 1. The molecule has 8 nitrogen and oxygen atoms in total. The van der Waals surface area contributed by atoms with Crippen LogP contribution in [0.3, 0.4) is 0 Å². The number of likely N-dealkylation sites (tertiary alicyclic amines) is 1. The van der Waals surface area contributed by atoms with Crippen LogP contribution in [0.15, 0.2) is 59.0 Å². The maximum Gasteiger partial charge on any atom is 0.185 e. The zero-order valence-corrected chi connectivity index (χ0v) is 21.2. The summed E-state index contributed by atoms with van der Waals surface area (Å²) < 4.78 is 6.65. The van der Waals surface area contributed by atoms with Crippen LogP contribution in [0.4, 0.5) is 0 Å². The number of unbranched alkanes of at least 4 members (excludes halogenated alkanes) is 2. The summed E-state index contributed by atoms with van der Waals surface area (Å²) in [6.07, 6.45) is 8.12. The number of aromatic nitrogens is 1. The van der Waals surface area contributed by atoms with E-state index in [0.717, 1.165) is 55.2 Å². The van der Waals surface area contributed by atoms with Crippen LogP contribution in [0.1, 0.15) is 62.4 Å². The monoisotopic (exact) mass is 501 g/mol. The third kappa shape index (κ3) is 3.03. The van der Waals surface area contributed by atoms with Gasteiger partial charge in [0, 0.05) is 29.9 Å². The van der Waals surface area contributed by atoms with Gasteiger partial charge in [0.05, 0.1) is 22.2 Å². The number of benzene rings is 1. The lowest BCUT2D eigenvalue weighted by Crippen LogP contribution is -2.73. The highest BCUT2D eigenvalue weighted by Crippen LogP contribution is 2.75. The van der Waals surface area contributed by atoms with Gasteiger partial charge >= 0.3 is 0 Å². The number of allylic oxidation sites excluding steroid dienone is 3. The average Bonchev–Trinajstić information content (AvgIpc) is 3.23. The van der Waals surface area contributed by atoms with Crippen molar-refractivity contribution in [3.63, 3.8) is 0 Å². The first-order chi connectivity index (χ1) is 17.8. The van der Waals surface area contributed by atoms with Crippen molar-refractivity contribution in [2.24, 2.45) is 33.7 Å². The molecule has 2 saturated heterocycles. The lowest BCUT2D eigenvalue weighted by molar-refractivity contribution is -0.247. The average molecular weight is 502 g/mol. The van der Waals surface area contributed by atoms with Crippen LogP contribution in [-0.2, 0) is 4.74 Å². The van der Waals surface area contributed by atoms with Gasteiger partial charge in [0.1, 0.15) is 11.9 Å². The van der Waals surface area contributed by atoms with E-state index in [1.54, 1.807) is 6.08 Å². The Balaban J connectivity index is 1.34. The third-order valence-corrected chi connectivity index (χ3v) is 9.91. The van der Waals surface area contributed by atoms with Gasteiger partial charge in [0.25, 0.3) is 0 Å². The molecule has 3 unspecified atom stereocenters. The van der Waals surface area contributed by atoms with E-state index in [-0.39, 0.29) is 41.7 Å². The lowest BCUT2D eigenvalue weighted by atomic mass is 9.44. The molecule has 0 radical (unpaired) electrons. The molecule has 1 aromatic heterocycles. The number of rotatable bonds is 6. The largest absolute Gasteiger partial charge is 0.504 e. The van der Waals surface area contributed by atoms with Crippen molar-refractivity contribution in [1.82, 2.24) is 9.88 Å². The maximum atomic E-state index is 12.5. The highest BCUT2D eigenvalue weighted by Gasteiger charge is 2.76. The molecule has 8 heteroatoms. The van der Waals surface area contributed by atoms with Gasteiger partial charge in [-0.25, -0.2) is 4.98 Å². The molecule has 1 aromatic carbocycles. The van der Waals surface area contributed by atoms with Crippen molar-refractivity contribution in [2.75, 3.05) is 13.1 Å². The van der Waals surface area contributed by atoms with Crippen molar-refractivity contribution < 1.29 is 14.9 Å². The van der Waals surface area contributed by atoms with Crippen molar-refractivity contribution >= 4 is 16.9 Å². The van der Waals surface area contributed by atoms with E-state index < -0.39 is 11.0 Å². The summed E-state index contributed by atoms with van der Waals surface area (Å²) in [5.74, 6) is 1.15. The minimum Gasteiger partial charge on any atom is -0.504 e. The Kier molecular flexibility index (Phi) is 4.95. The number of hydrogen-bond donors (Lipinski definition) is 4. The van der Waals surface area contributed by atoms with Gasteiger partial charge in [-0.15, -0.1) is 0 Å². The summed E-state index contributed by atoms with van der Waals surface area (Å²) in [6, 6.07) is 10.6. The van der Waals surface area contributed by atoms with Crippen LogP contribution in [0.2, 0.25) is 0 Å². The van der Waals surface area contributed by atoms with E-state index in [1.807, 2.05) is 19.1 Å². The molecule has 2 aromatic rings. The second kappa shape index (κ2) is 7.95. The summed E-state index contributed by atoms with van der Waals surface area (Å²) >= 11 is 0. The fraction of sp³-hybridized carbons (Fsp3) is 0.517. The first-order valence-electron chi connectivity index (χ1n) is 13.5. The Morgan fingerprint density at radius 3 is 2.92 bits per heavy atom. The number of fused-ring (bicyclic) bond motifs is 6. The number of para-hydroxylation sites is 1. The first-order valence-corrected chi connectivity index (χ1v) is 13.5. The Bertz CT molecular complexity index is 1360. The van der Waals surface area contributed by atoms with E-state index in [2.05, 4.69) is 34.2 Å². The number of ether oxygens (including phenoxy) is 1. The van der Waals surface area contributed by atoms with Crippen LogP contribution < -0.4 is 11.5 Å². The quantitative estimate of drug-likeness (QED) is 0.270. The minimum atomic E-state index is -0.994. The summed E-state index contributed by atoms with van der Waals surface area (Å²) in [7, 11) is 0. The number of piperidine rings is 1. The predicted octanol–water partition coefficient (Wildman–Crippen LogP) is 3.59. The van der Waals surface area contributed by atoms with Crippen molar-refractivity contribution in [3.05, 3.63) is 65.3 Å². The molecule has 37 heavy (non-hydrogen) atoms. The van der Waals surface area contributed by atoms with E-state index in [0.29, 0.717) is 12.3 Å². The van der Waals surface area contributed by atoms with Crippen molar-refractivity contribution in [3.8, 4) is 0 Å². The Morgan fingerprint density at radius 1 is 1.24 bits per heavy atom. The Labute approximate surface area is 216 Å². The fourth-order valence-electron chi connectivity index (χ4n) is 8.37. The summed E-state index contributed by atoms with van der Waals surface area (Å²) in [5, 5.41) is 24.4. The van der Waals surface area contributed by atoms with Crippen LogP contribution in [-0.4, -0.2) is 50.8 Å². The molecule has 0 amide bonds. The molecule has 1 spiro atoms. The van der Waals surface area contributed by atoms with E-state index in [4.69, 9.17) is 21.2 Å². The van der Waals surface area contributed by atoms with Crippen molar-refractivity contribution in [1.29, 1.82) is 0 Å². The maximum absolute atomic E-state index is 12.5. The molecule has 1 saturated carbocycles. The van der Waals surface area contributed by atoms with E-state index in [1.165, 1.54) is 5.56 Å². The number of nitrogens with zero attached hydrogens (tertiary/aromatic N) is 3. The first kappa shape index (κ1) is 23.0. The van der Waals surface area contributed by atoms with Gasteiger partial charge < -0.3 is 26.4 Å². The summed E-state index contributed by atoms with van der Waals surface area (Å²) in [4.78, 5) is 11.8. The number of nitrogens with two attached hydrogens (primary N) is 2. The molecule has 3 fully saturated rings. The summed E-state index contributed by atoms with van der Waals surface area (Å²) in [5.41, 5.74) is 12.5. The second-order valence-corrected chi connectivity index (χ2v) is 11.7. The molecule has 2 aliphatic heterocycles. The topological polar surface area (TPSA) is 130 Å². The van der Waals surface area contributed by atoms with Crippen molar-refractivity contribution in [2.45, 2.75) is 62.8 Å². The molecule has 6 N–H and O–H groups in total. The highest BCUT2D eigenvalue weighted by molar-refractivity contribution is 5.80. The third-order valence-electron chi connectivity index (χ3n) is 9.91. The fourth-order valence-corrected chi connectivity index (χ4v) is 8.37. The summed E-state index contributed by atoms with van der Waals surface area (Å²) in [6.45, 7) is 3.54. The van der Waals surface area contributed by atoms with Gasteiger partial charge in [-0.2, -0.15) is 0 Å². The molecule has 7 rings (SSSR count). The zero-order valence-electron chi connectivity index (χ0n) is 21.2. The van der Waals surface area contributed by atoms with Gasteiger partial charge in [-0.05, 0) is 68.8 Å². The molecule has 3 bridgehead atoms. The van der Waals surface area contributed by atoms with Gasteiger partial charge in [0.2, 0.25) is 0 Å². The number of aliphatic hydroxyl groups is 2. The number of guanidine groups is 1. The van der Waals surface area contributed by atoms with Crippen LogP contribution >= 0.6 is 0 Å². The van der Waals surface area contributed by atoms with Gasteiger partial charge in [-0.1, -0.05) is 30.7 Å². The van der Waals surface area contributed by atoms with E-state index in [9.17, 15) is 10.2 Å². The second-order valence-electron chi connectivity index (χ2n) is 11.7. The van der Waals surface area contributed by atoms with Crippen LogP contribution in [0.25, 0.3) is 10.9 Å². The Morgan fingerprint density at radius 2 is 2.08 bits per heavy atom. The lowest BCUT2D eigenvalue weighted by Gasteiger charge is -2.67. The molecular weight excluding hydrogens is 466 g/mol. The standard InChI is InChI=1S/C29H35N5O3/c1-28(36)22-14-17-9-10-21(35)25-23(17)29(28)15-20(34(22)12-6-2-5-11-32-27(30)31)18-13-16-7-3-4-8-19(16)33-24(18)26(29)37-25/h3-4,7-10,13,17,20,22-23,26,35-36H,2,5-6,11-12,14-15H2,1H3,(H4,30,31,32)/t17?,20?,22-,23?,26+,28-,29+/m1/s1. The molecular formula is C29H35N5O3. The molecule has 3 aliphatic carbocycles. The zero-order chi connectivity index (χ0) is 25.5. The molecule has 194 valence electrons. The predicted molar refractivity (Wildman–Crippen MR) is 141 cm³/mol. The van der Waals surface area contributed by atoms with Crippen LogP contribution in [0.5, 0.6) is 0 Å². The van der Waals surface area contributed by atoms with Crippen LogP contribution in [0, 0.1) is 17.3 Å². The van der Waals surface area contributed by atoms with Gasteiger partial charge in [-0.3, -0.25) is 9.89 Å². The van der Waals surface area contributed by atoms with E-state index >= 15 is 0 Å². The molecule has 5 aliphatic rings. The number of hydrogen-bond acceptors (Lipinski definition) is 6. The number of aliphatic imine (C=N–C) groups is 1. The molecule has 3 heterocycles. The Hall–Kier alpha value is -3.10. The smallest absolute Gasteiger partial charge is 0.185 e.